The molecule has 3 rings (SSSR count). The Morgan fingerprint density at radius 3 is 2.38 bits per heavy atom. The summed E-state index contributed by atoms with van der Waals surface area (Å²) in [4.78, 5) is 5.10. The van der Waals surface area contributed by atoms with Gasteiger partial charge in [-0.25, -0.2) is 0 Å². The zero-order chi connectivity index (χ0) is 18.8. The van der Waals surface area contributed by atoms with E-state index in [1.807, 2.05) is 6.07 Å². The van der Waals surface area contributed by atoms with Gasteiger partial charge in [0, 0.05) is 11.0 Å². The number of nitrogens with zero attached hydrogens (tertiary/aromatic N) is 1. The average Bonchev–Trinajstić information content (AvgIpc) is 2.63. The molecule has 2 aromatic rings. The van der Waals surface area contributed by atoms with E-state index < -0.39 is 0 Å². The number of ether oxygens (including phenoxy) is 1. The Balaban J connectivity index is 2.04. The Hall–Kier alpha value is -2.35. The highest BCUT2D eigenvalue weighted by Gasteiger charge is 2.43. The maximum absolute atomic E-state index is 5.89. The summed E-state index contributed by atoms with van der Waals surface area (Å²) in [5.41, 5.74) is 4.46. The predicted molar refractivity (Wildman–Crippen MR) is 111 cm³/mol. The second-order valence-corrected chi connectivity index (χ2v) is 7.98. The molecule has 0 saturated carbocycles. The molecule has 1 aliphatic heterocycles. The fourth-order valence-corrected chi connectivity index (χ4v) is 3.27. The van der Waals surface area contributed by atoms with Gasteiger partial charge < -0.3 is 4.74 Å². The molecule has 2 heteroatoms. The molecule has 0 amide bonds. The summed E-state index contributed by atoms with van der Waals surface area (Å²) >= 11 is 0. The van der Waals surface area contributed by atoms with Gasteiger partial charge in [0.05, 0.1) is 17.9 Å². The minimum atomic E-state index is -0.195. The van der Waals surface area contributed by atoms with E-state index in [1.54, 1.807) is 0 Å². The standard InChI is InChI=1S/C24H29NO/c1-6-16-26-19-13-14-20-21(17-19)23(2,3)24(4,5)25-22(20)15-12-18-10-8-7-9-11-18/h7-15,17H,6,16H2,1-5H3. The van der Waals surface area contributed by atoms with Crippen molar-refractivity contribution >= 4 is 11.8 Å². The van der Waals surface area contributed by atoms with Crippen LogP contribution < -0.4 is 4.74 Å². The van der Waals surface area contributed by atoms with Crippen LogP contribution in [0.3, 0.4) is 0 Å². The first-order chi connectivity index (χ1) is 12.3. The van der Waals surface area contributed by atoms with Gasteiger partial charge in [-0.3, -0.25) is 4.99 Å². The second-order valence-electron chi connectivity index (χ2n) is 7.98. The minimum Gasteiger partial charge on any atom is -0.494 e. The second kappa shape index (κ2) is 7.11. The molecule has 0 radical (unpaired) electrons. The fraction of sp³-hybridized carbons (Fsp3) is 0.375. The molecule has 2 aromatic carbocycles. The monoisotopic (exact) mass is 347 g/mol. The molecule has 0 spiro atoms. The van der Waals surface area contributed by atoms with Crippen molar-refractivity contribution in [3.63, 3.8) is 0 Å². The van der Waals surface area contributed by atoms with Crippen LogP contribution in [0.2, 0.25) is 0 Å². The molecular weight excluding hydrogens is 318 g/mol. The molecule has 2 nitrogen and oxygen atoms in total. The predicted octanol–water partition coefficient (Wildman–Crippen LogP) is 6.05. The van der Waals surface area contributed by atoms with Crippen LogP contribution in [-0.2, 0) is 5.41 Å². The zero-order valence-corrected chi connectivity index (χ0v) is 16.5. The first-order valence-corrected chi connectivity index (χ1v) is 9.46. The van der Waals surface area contributed by atoms with E-state index >= 15 is 0 Å². The van der Waals surface area contributed by atoms with Gasteiger partial charge in [-0.1, -0.05) is 57.2 Å². The van der Waals surface area contributed by atoms with Gasteiger partial charge in [0.25, 0.3) is 0 Å². The Labute approximate surface area is 157 Å². The molecule has 1 aliphatic rings. The van der Waals surface area contributed by atoms with Gasteiger partial charge in [0.15, 0.2) is 0 Å². The van der Waals surface area contributed by atoms with Crippen molar-refractivity contribution in [1.29, 1.82) is 0 Å². The lowest BCUT2D eigenvalue weighted by molar-refractivity contribution is 0.296. The molecule has 0 unspecified atom stereocenters. The molecule has 0 N–H and O–H groups in total. The molecule has 0 fully saturated rings. The van der Waals surface area contributed by atoms with Crippen LogP contribution in [0.1, 0.15) is 57.7 Å². The van der Waals surface area contributed by atoms with E-state index in [0.717, 1.165) is 24.5 Å². The highest BCUT2D eigenvalue weighted by molar-refractivity contribution is 6.13. The quantitative estimate of drug-likeness (QED) is 0.645. The summed E-state index contributed by atoms with van der Waals surface area (Å²) in [5.74, 6) is 0.947. The van der Waals surface area contributed by atoms with Crippen molar-refractivity contribution in [1.82, 2.24) is 0 Å². The first kappa shape index (κ1) is 18.4. The summed E-state index contributed by atoms with van der Waals surface area (Å²) in [6.45, 7) is 11.9. The van der Waals surface area contributed by atoms with Gasteiger partial charge in [0.2, 0.25) is 0 Å². The smallest absolute Gasteiger partial charge is 0.119 e. The van der Waals surface area contributed by atoms with Crippen molar-refractivity contribution in [2.24, 2.45) is 4.99 Å². The summed E-state index contributed by atoms with van der Waals surface area (Å²) in [7, 11) is 0. The molecule has 0 aliphatic carbocycles. The molecule has 26 heavy (non-hydrogen) atoms. The number of benzene rings is 2. The normalized spacial score (nSPS) is 17.7. The summed E-state index contributed by atoms with van der Waals surface area (Å²) < 4.78 is 5.89. The molecular formula is C24H29NO. The van der Waals surface area contributed by atoms with Gasteiger partial charge in [-0.2, -0.15) is 0 Å². The van der Waals surface area contributed by atoms with Crippen molar-refractivity contribution in [2.75, 3.05) is 6.61 Å². The molecule has 1 heterocycles. The van der Waals surface area contributed by atoms with Crippen LogP contribution in [0.5, 0.6) is 5.75 Å². The Morgan fingerprint density at radius 2 is 1.69 bits per heavy atom. The van der Waals surface area contributed by atoms with E-state index in [1.165, 1.54) is 16.7 Å². The minimum absolute atomic E-state index is 0.0714. The van der Waals surface area contributed by atoms with E-state index in [9.17, 15) is 0 Å². The number of allylic oxidation sites excluding steroid dienone is 1. The van der Waals surface area contributed by atoms with Crippen molar-refractivity contribution < 1.29 is 4.74 Å². The SMILES string of the molecule is CCCOc1ccc2c(c1)C(C)(C)C(C)(C)N=C2C=Cc1ccccc1. The van der Waals surface area contributed by atoms with E-state index in [2.05, 4.69) is 89.2 Å². The molecule has 0 bridgehead atoms. The number of hydrogen-bond acceptors (Lipinski definition) is 2. The number of hydrogen-bond donors (Lipinski definition) is 0. The van der Waals surface area contributed by atoms with Gasteiger partial charge in [-0.05, 0) is 55.7 Å². The first-order valence-electron chi connectivity index (χ1n) is 9.46. The fourth-order valence-electron chi connectivity index (χ4n) is 3.27. The topological polar surface area (TPSA) is 21.6 Å². The third-order valence-electron chi connectivity index (χ3n) is 5.58. The molecule has 0 saturated heterocycles. The molecule has 136 valence electrons. The number of fused-ring (bicyclic) bond motifs is 1. The largest absolute Gasteiger partial charge is 0.494 e. The van der Waals surface area contributed by atoms with E-state index in [0.29, 0.717) is 0 Å². The Bertz CT molecular complexity index is 829. The summed E-state index contributed by atoms with van der Waals surface area (Å²) in [5, 5.41) is 0. The Morgan fingerprint density at radius 1 is 0.962 bits per heavy atom. The number of aliphatic imine (C=N–C) groups is 1. The van der Waals surface area contributed by atoms with Crippen molar-refractivity contribution in [3.8, 4) is 5.75 Å². The average molecular weight is 348 g/mol. The van der Waals surface area contributed by atoms with Crippen LogP contribution in [0, 0.1) is 0 Å². The van der Waals surface area contributed by atoms with Crippen molar-refractivity contribution in [2.45, 2.75) is 52.0 Å². The third kappa shape index (κ3) is 3.46. The maximum atomic E-state index is 5.89. The highest BCUT2D eigenvalue weighted by Crippen LogP contribution is 2.44. The lowest BCUT2D eigenvalue weighted by atomic mass is 9.66. The highest BCUT2D eigenvalue weighted by atomic mass is 16.5. The van der Waals surface area contributed by atoms with Gasteiger partial charge in [0.1, 0.15) is 5.75 Å². The summed E-state index contributed by atoms with van der Waals surface area (Å²) in [6.07, 6.45) is 5.29. The van der Waals surface area contributed by atoms with Crippen LogP contribution in [0.15, 0.2) is 59.6 Å². The third-order valence-corrected chi connectivity index (χ3v) is 5.58. The summed E-state index contributed by atoms with van der Waals surface area (Å²) in [6, 6.07) is 16.8. The van der Waals surface area contributed by atoms with Crippen LogP contribution in [0.25, 0.3) is 6.08 Å². The van der Waals surface area contributed by atoms with E-state index in [-0.39, 0.29) is 11.0 Å². The van der Waals surface area contributed by atoms with Crippen molar-refractivity contribution in [3.05, 3.63) is 71.3 Å². The van der Waals surface area contributed by atoms with E-state index in [4.69, 9.17) is 9.73 Å². The molecule has 0 aromatic heterocycles. The van der Waals surface area contributed by atoms with Crippen LogP contribution >= 0.6 is 0 Å². The molecule has 0 atom stereocenters. The van der Waals surface area contributed by atoms with Crippen LogP contribution in [0.4, 0.5) is 0 Å². The Kier molecular flexibility index (Phi) is 5.04. The van der Waals surface area contributed by atoms with Crippen LogP contribution in [-0.4, -0.2) is 17.9 Å². The lowest BCUT2D eigenvalue weighted by Gasteiger charge is -2.44. The zero-order valence-electron chi connectivity index (χ0n) is 16.5. The number of rotatable bonds is 5. The van der Waals surface area contributed by atoms with Gasteiger partial charge >= 0.3 is 0 Å². The van der Waals surface area contributed by atoms with Gasteiger partial charge in [-0.15, -0.1) is 0 Å². The maximum Gasteiger partial charge on any atom is 0.119 e. The lowest BCUT2D eigenvalue weighted by Crippen LogP contribution is -2.45.